The Morgan fingerprint density at radius 1 is 1.29 bits per heavy atom. The normalized spacial score (nSPS) is 10.5. The molecule has 0 saturated carbocycles. The summed E-state index contributed by atoms with van der Waals surface area (Å²) in [7, 11) is 0. The van der Waals surface area contributed by atoms with Gasteiger partial charge in [0.25, 0.3) is 0 Å². The summed E-state index contributed by atoms with van der Waals surface area (Å²) in [6.07, 6.45) is 4.19. The second kappa shape index (κ2) is 6.91. The van der Waals surface area contributed by atoms with Crippen LogP contribution >= 0.6 is 0 Å². The van der Waals surface area contributed by atoms with Crippen molar-refractivity contribution in [3.05, 3.63) is 71.8 Å². The molecule has 3 rings (SSSR count). The van der Waals surface area contributed by atoms with Gasteiger partial charge < -0.3 is 15.5 Å². The Morgan fingerprint density at radius 2 is 2.17 bits per heavy atom. The number of carbonyl (C=O) groups excluding carboxylic acids is 1. The molecule has 0 atom stereocenters. The number of carbonyl (C=O) groups is 1. The number of hydrogen-bond donors (Lipinski definition) is 2. The topological polar surface area (TPSA) is 94.0 Å². The van der Waals surface area contributed by atoms with E-state index in [1.165, 1.54) is 18.7 Å². The van der Waals surface area contributed by atoms with Crippen molar-refractivity contribution in [1.82, 2.24) is 9.97 Å². The Kier molecular flexibility index (Phi) is 4.51. The van der Waals surface area contributed by atoms with Crippen LogP contribution < -0.4 is 11.1 Å². The molecule has 0 bridgehead atoms. The van der Waals surface area contributed by atoms with Crippen LogP contribution in [0.25, 0.3) is 0 Å². The molecule has 2 aromatic heterocycles. The minimum atomic E-state index is -0.359. The quantitative estimate of drug-likeness (QED) is 0.677. The maximum absolute atomic E-state index is 14.0. The van der Waals surface area contributed by atoms with Crippen LogP contribution in [0.3, 0.4) is 0 Å². The number of ketones is 1. The lowest BCUT2D eigenvalue weighted by Gasteiger charge is -2.10. The Morgan fingerprint density at radius 3 is 2.92 bits per heavy atom. The predicted molar refractivity (Wildman–Crippen MR) is 86.9 cm³/mol. The van der Waals surface area contributed by atoms with E-state index in [1.54, 1.807) is 30.5 Å². The number of oxazole rings is 1. The van der Waals surface area contributed by atoms with E-state index in [0.717, 1.165) is 0 Å². The highest BCUT2D eigenvalue weighted by molar-refractivity contribution is 5.95. The molecule has 0 aliphatic heterocycles. The molecule has 6 nitrogen and oxygen atoms in total. The maximum atomic E-state index is 14.0. The van der Waals surface area contributed by atoms with Crippen molar-refractivity contribution in [2.24, 2.45) is 0 Å². The number of rotatable bonds is 6. The van der Waals surface area contributed by atoms with Gasteiger partial charge in [-0.2, -0.15) is 0 Å². The van der Waals surface area contributed by atoms with E-state index in [2.05, 4.69) is 15.3 Å². The first kappa shape index (κ1) is 15.7. The number of benzene rings is 1. The molecule has 3 aromatic rings. The first-order valence-corrected chi connectivity index (χ1v) is 7.26. The molecule has 2 heterocycles. The molecule has 0 radical (unpaired) electrons. The fourth-order valence-electron chi connectivity index (χ4n) is 2.26. The molecule has 0 spiro atoms. The first-order valence-electron chi connectivity index (χ1n) is 7.26. The van der Waals surface area contributed by atoms with Gasteiger partial charge in [-0.05, 0) is 23.8 Å². The first-order chi connectivity index (χ1) is 11.6. The standard InChI is InChI=1S/C17H15FN4O2/c18-13-4-3-11(7-16(23)15-9-24-10-22-15)6-12(13)8-21-14-2-1-5-20-17(14)19/h1-6,9-10,21H,7-8H2,(H2,19,20). The molecular formula is C17H15FN4O2. The van der Waals surface area contributed by atoms with E-state index in [1.807, 2.05) is 0 Å². The Bertz CT molecular complexity index is 850. The summed E-state index contributed by atoms with van der Waals surface area (Å²) >= 11 is 0. The number of nitrogens with two attached hydrogens (primary N) is 1. The average molecular weight is 326 g/mol. The Balaban J connectivity index is 1.72. The van der Waals surface area contributed by atoms with E-state index in [-0.39, 0.29) is 30.3 Å². The molecule has 0 aliphatic rings. The van der Waals surface area contributed by atoms with Crippen LogP contribution in [0.1, 0.15) is 21.6 Å². The number of Topliss-reactive ketones (excluding diaryl/α,β-unsaturated/α-hetero) is 1. The van der Waals surface area contributed by atoms with Crippen molar-refractivity contribution in [2.45, 2.75) is 13.0 Å². The van der Waals surface area contributed by atoms with Crippen LogP contribution in [-0.2, 0) is 13.0 Å². The number of nitrogens with zero attached hydrogens (tertiary/aromatic N) is 2. The van der Waals surface area contributed by atoms with Crippen molar-refractivity contribution >= 4 is 17.3 Å². The molecule has 3 N–H and O–H groups in total. The molecular weight excluding hydrogens is 311 g/mol. The second-order valence-corrected chi connectivity index (χ2v) is 5.19. The summed E-state index contributed by atoms with van der Waals surface area (Å²) < 4.78 is 18.8. The number of hydrogen-bond acceptors (Lipinski definition) is 6. The summed E-state index contributed by atoms with van der Waals surface area (Å²) in [5, 5.41) is 3.04. The molecule has 0 amide bonds. The summed E-state index contributed by atoms with van der Waals surface area (Å²) in [4.78, 5) is 19.8. The van der Waals surface area contributed by atoms with Crippen LogP contribution in [0, 0.1) is 5.82 Å². The van der Waals surface area contributed by atoms with Gasteiger partial charge in [-0.3, -0.25) is 4.79 Å². The molecule has 122 valence electrons. The smallest absolute Gasteiger partial charge is 0.188 e. The lowest BCUT2D eigenvalue weighted by molar-refractivity contribution is 0.0988. The van der Waals surface area contributed by atoms with Crippen molar-refractivity contribution in [1.29, 1.82) is 0 Å². The van der Waals surface area contributed by atoms with E-state index in [0.29, 0.717) is 22.6 Å². The number of nitrogen functional groups attached to an aromatic ring is 1. The van der Waals surface area contributed by atoms with Gasteiger partial charge in [-0.25, -0.2) is 14.4 Å². The summed E-state index contributed by atoms with van der Waals surface area (Å²) in [5.41, 5.74) is 7.75. The van der Waals surface area contributed by atoms with Gasteiger partial charge in [0.2, 0.25) is 0 Å². The zero-order valence-electron chi connectivity index (χ0n) is 12.7. The Labute approximate surface area is 137 Å². The largest absolute Gasteiger partial charge is 0.451 e. The van der Waals surface area contributed by atoms with Crippen LogP contribution in [0.5, 0.6) is 0 Å². The molecule has 0 fully saturated rings. The highest BCUT2D eigenvalue weighted by Crippen LogP contribution is 2.18. The summed E-state index contributed by atoms with van der Waals surface area (Å²) in [6.45, 7) is 0.230. The van der Waals surface area contributed by atoms with Gasteiger partial charge in [0, 0.05) is 24.7 Å². The zero-order valence-corrected chi connectivity index (χ0v) is 12.7. The van der Waals surface area contributed by atoms with Gasteiger partial charge >= 0.3 is 0 Å². The average Bonchev–Trinajstić information content (AvgIpc) is 3.11. The minimum absolute atomic E-state index is 0.120. The molecule has 0 aliphatic carbocycles. The van der Waals surface area contributed by atoms with Crippen LogP contribution in [0.15, 0.2) is 53.6 Å². The van der Waals surface area contributed by atoms with Gasteiger partial charge in [0.1, 0.15) is 23.6 Å². The van der Waals surface area contributed by atoms with E-state index in [4.69, 9.17) is 10.2 Å². The van der Waals surface area contributed by atoms with Gasteiger partial charge in [0.15, 0.2) is 12.2 Å². The maximum Gasteiger partial charge on any atom is 0.188 e. The molecule has 0 unspecified atom stereocenters. The molecule has 24 heavy (non-hydrogen) atoms. The molecule has 7 heteroatoms. The number of pyridine rings is 1. The van der Waals surface area contributed by atoms with E-state index < -0.39 is 0 Å². The van der Waals surface area contributed by atoms with Crippen molar-refractivity contribution in [2.75, 3.05) is 11.1 Å². The number of halogens is 1. The molecule has 0 saturated heterocycles. The summed E-state index contributed by atoms with van der Waals surface area (Å²) in [6, 6.07) is 8.07. The van der Waals surface area contributed by atoms with Gasteiger partial charge in [0.05, 0.1) is 5.69 Å². The number of aromatic nitrogens is 2. The van der Waals surface area contributed by atoms with Crippen molar-refractivity contribution in [3.63, 3.8) is 0 Å². The van der Waals surface area contributed by atoms with Gasteiger partial charge in [-0.15, -0.1) is 0 Å². The van der Waals surface area contributed by atoms with Crippen LogP contribution in [0.2, 0.25) is 0 Å². The lowest BCUT2D eigenvalue weighted by Crippen LogP contribution is -2.08. The van der Waals surface area contributed by atoms with E-state index in [9.17, 15) is 9.18 Å². The van der Waals surface area contributed by atoms with E-state index >= 15 is 0 Å². The Hall–Kier alpha value is -3.22. The third-order valence-electron chi connectivity index (χ3n) is 3.50. The summed E-state index contributed by atoms with van der Waals surface area (Å²) in [5.74, 6) is -0.205. The third-order valence-corrected chi connectivity index (χ3v) is 3.50. The second-order valence-electron chi connectivity index (χ2n) is 5.19. The van der Waals surface area contributed by atoms with Crippen molar-refractivity contribution < 1.29 is 13.6 Å². The SMILES string of the molecule is Nc1ncccc1NCc1cc(CC(=O)c2cocn2)ccc1F. The number of anilines is 2. The highest BCUT2D eigenvalue weighted by atomic mass is 19.1. The fraction of sp³-hybridized carbons (Fsp3) is 0.118. The fourth-order valence-corrected chi connectivity index (χ4v) is 2.26. The third kappa shape index (κ3) is 3.57. The number of nitrogens with one attached hydrogen (secondary N) is 1. The monoisotopic (exact) mass is 326 g/mol. The molecule has 1 aromatic carbocycles. The lowest BCUT2D eigenvalue weighted by atomic mass is 10.0. The van der Waals surface area contributed by atoms with Crippen LogP contribution in [0.4, 0.5) is 15.9 Å². The van der Waals surface area contributed by atoms with Crippen molar-refractivity contribution in [3.8, 4) is 0 Å². The zero-order chi connectivity index (χ0) is 16.9. The van der Waals surface area contributed by atoms with Gasteiger partial charge in [-0.1, -0.05) is 12.1 Å². The predicted octanol–water partition coefficient (Wildman–Crippen LogP) is 2.83. The minimum Gasteiger partial charge on any atom is -0.451 e. The van der Waals surface area contributed by atoms with Crippen LogP contribution in [-0.4, -0.2) is 15.8 Å². The highest BCUT2D eigenvalue weighted by Gasteiger charge is 2.12.